The van der Waals surface area contributed by atoms with Gasteiger partial charge in [0.15, 0.2) is 0 Å². The zero-order chi connectivity index (χ0) is 13.3. The SMILES string of the molecule is C=CC(=O)N(C(N)=O)C(OCCC)OCCC. The second kappa shape index (κ2) is 8.72. The zero-order valence-corrected chi connectivity index (χ0v) is 10.3. The van der Waals surface area contributed by atoms with Crippen molar-refractivity contribution in [2.75, 3.05) is 13.2 Å². The van der Waals surface area contributed by atoms with Crippen LogP contribution in [0.3, 0.4) is 0 Å². The summed E-state index contributed by atoms with van der Waals surface area (Å²) in [5.41, 5.74) is 5.12. The molecule has 0 aromatic carbocycles. The molecule has 0 atom stereocenters. The standard InChI is InChI=1S/C11H20N2O4/c1-4-7-16-11(17-8-5-2)13(10(12)15)9(14)6-3/h6,11H,3-5,7-8H2,1-2H3,(H2,12,15). The molecule has 0 aromatic heterocycles. The Bertz CT molecular complexity index is 260. The summed E-state index contributed by atoms with van der Waals surface area (Å²) in [6.45, 7) is 7.83. The Balaban J connectivity index is 4.72. The maximum atomic E-state index is 11.5. The fourth-order valence-corrected chi connectivity index (χ4v) is 1.05. The van der Waals surface area contributed by atoms with Crippen molar-refractivity contribution in [3.8, 4) is 0 Å². The maximum Gasteiger partial charge on any atom is 0.325 e. The maximum absolute atomic E-state index is 11.5. The largest absolute Gasteiger partial charge is 0.351 e. The van der Waals surface area contributed by atoms with E-state index in [2.05, 4.69) is 6.58 Å². The van der Waals surface area contributed by atoms with E-state index >= 15 is 0 Å². The number of ether oxygens (including phenoxy) is 2. The summed E-state index contributed by atoms with van der Waals surface area (Å²) < 4.78 is 10.5. The van der Waals surface area contributed by atoms with Crippen molar-refractivity contribution >= 4 is 11.9 Å². The molecular formula is C11H20N2O4. The van der Waals surface area contributed by atoms with E-state index in [0.29, 0.717) is 18.1 Å². The second-order valence-corrected chi connectivity index (χ2v) is 3.30. The lowest BCUT2D eigenvalue weighted by molar-refractivity contribution is -0.207. The molecule has 0 heterocycles. The Morgan fingerprint density at radius 1 is 1.29 bits per heavy atom. The first-order valence-electron chi connectivity index (χ1n) is 5.56. The van der Waals surface area contributed by atoms with Crippen molar-refractivity contribution in [2.45, 2.75) is 33.1 Å². The van der Waals surface area contributed by atoms with Crippen molar-refractivity contribution in [1.82, 2.24) is 4.90 Å². The first-order valence-corrected chi connectivity index (χ1v) is 5.56. The molecule has 0 radical (unpaired) electrons. The molecule has 17 heavy (non-hydrogen) atoms. The smallest absolute Gasteiger partial charge is 0.325 e. The molecule has 0 saturated carbocycles. The first-order chi connectivity index (χ1) is 8.08. The molecule has 0 bridgehead atoms. The van der Waals surface area contributed by atoms with Crippen LogP contribution in [0.4, 0.5) is 4.79 Å². The number of amides is 3. The van der Waals surface area contributed by atoms with Crippen LogP contribution in [-0.4, -0.2) is 36.5 Å². The lowest BCUT2D eigenvalue weighted by Gasteiger charge is -2.27. The predicted molar refractivity (Wildman–Crippen MR) is 62.9 cm³/mol. The van der Waals surface area contributed by atoms with Gasteiger partial charge in [-0.2, -0.15) is 0 Å². The zero-order valence-electron chi connectivity index (χ0n) is 10.3. The summed E-state index contributed by atoms with van der Waals surface area (Å²) in [5, 5.41) is 0. The van der Waals surface area contributed by atoms with E-state index < -0.39 is 18.4 Å². The van der Waals surface area contributed by atoms with E-state index in [4.69, 9.17) is 15.2 Å². The summed E-state index contributed by atoms with van der Waals surface area (Å²) in [5.74, 6) is -0.644. The molecule has 3 amide bonds. The molecule has 0 spiro atoms. The van der Waals surface area contributed by atoms with Crippen molar-refractivity contribution in [3.05, 3.63) is 12.7 Å². The van der Waals surface area contributed by atoms with Gasteiger partial charge in [-0.25, -0.2) is 9.69 Å². The van der Waals surface area contributed by atoms with Gasteiger partial charge in [-0.3, -0.25) is 4.79 Å². The van der Waals surface area contributed by atoms with E-state index in [-0.39, 0.29) is 0 Å². The molecule has 0 aliphatic heterocycles. The number of carbonyl (C=O) groups is 2. The Labute approximate surface area is 101 Å². The van der Waals surface area contributed by atoms with Gasteiger partial charge in [-0.1, -0.05) is 20.4 Å². The van der Waals surface area contributed by atoms with Crippen LogP contribution in [0.5, 0.6) is 0 Å². The van der Waals surface area contributed by atoms with Crippen LogP contribution in [-0.2, 0) is 14.3 Å². The van der Waals surface area contributed by atoms with E-state index in [0.717, 1.165) is 18.9 Å². The molecule has 0 aromatic rings. The number of urea groups is 1. The number of nitrogens with zero attached hydrogens (tertiary/aromatic N) is 1. The number of primary amides is 1. The van der Waals surface area contributed by atoms with Crippen molar-refractivity contribution in [1.29, 1.82) is 0 Å². The fourth-order valence-electron chi connectivity index (χ4n) is 1.05. The van der Waals surface area contributed by atoms with Crippen LogP contribution in [0.15, 0.2) is 12.7 Å². The molecule has 98 valence electrons. The van der Waals surface area contributed by atoms with Crippen LogP contribution >= 0.6 is 0 Å². The van der Waals surface area contributed by atoms with Gasteiger partial charge in [0.25, 0.3) is 12.3 Å². The van der Waals surface area contributed by atoms with E-state index in [1.165, 1.54) is 0 Å². The number of hydrogen-bond donors (Lipinski definition) is 1. The Morgan fingerprint density at radius 3 is 2.06 bits per heavy atom. The van der Waals surface area contributed by atoms with Crippen LogP contribution < -0.4 is 5.73 Å². The average Bonchev–Trinajstić information content (AvgIpc) is 2.31. The molecule has 0 aliphatic carbocycles. The van der Waals surface area contributed by atoms with Gasteiger partial charge in [0.2, 0.25) is 0 Å². The highest BCUT2D eigenvalue weighted by Crippen LogP contribution is 2.06. The van der Waals surface area contributed by atoms with E-state index in [9.17, 15) is 9.59 Å². The van der Waals surface area contributed by atoms with Gasteiger partial charge in [0, 0.05) is 0 Å². The number of imide groups is 1. The minimum atomic E-state index is -1.09. The second-order valence-electron chi connectivity index (χ2n) is 3.30. The third-order valence-electron chi connectivity index (χ3n) is 1.79. The topological polar surface area (TPSA) is 81.9 Å². The molecule has 6 nitrogen and oxygen atoms in total. The number of hydrogen-bond acceptors (Lipinski definition) is 4. The van der Waals surface area contributed by atoms with Gasteiger partial charge >= 0.3 is 6.03 Å². The lowest BCUT2D eigenvalue weighted by Crippen LogP contribution is -2.49. The fraction of sp³-hybridized carbons (Fsp3) is 0.636. The molecule has 6 heteroatoms. The molecule has 0 rings (SSSR count). The van der Waals surface area contributed by atoms with Crippen LogP contribution in [0.2, 0.25) is 0 Å². The summed E-state index contributed by atoms with van der Waals surface area (Å²) in [6, 6.07) is -0.924. The number of carbonyl (C=O) groups excluding carboxylic acids is 2. The summed E-state index contributed by atoms with van der Waals surface area (Å²) >= 11 is 0. The minimum absolute atomic E-state index is 0.364. The monoisotopic (exact) mass is 244 g/mol. The third kappa shape index (κ3) is 5.46. The quantitative estimate of drug-likeness (QED) is 0.514. The highest BCUT2D eigenvalue weighted by Gasteiger charge is 2.27. The summed E-state index contributed by atoms with van der Waals surface area (Å²) in [6.07, 6.45) is 1.38. The molecular weight excluding hydrogens is 224 g/mol. The third-order valence-corrected chi connectivity index (χ3v) is 1.79. The summed E-state index contributed by atoms with van der Waals surface area (Å²) in [7, 11) is 0. The van der Waals surface area contributed by atoms with Gasteiger partial charge in [-0.05, 0) is 18.9 Å². The molecule has 0 fully saturated rings. The Morgan fingerprint density at radius 2 is 1.76 bits per heavy atom. The first kappa shape index (κ1) is 15.6. The van der Waals surface area contributed by atoms with Gasteiger partial charge in [0.1, 0.15) is 0 Å². The number of rotatable bonds is 8. The molecule has 0 saturated heterocycles. The minimum Gasteiger partial charge on any atom is -0.351 e. The molecule has 0 aliphatic rings. The van der Waals surface area contributed by atoms with Gasteiger partial charge in [-0.15, -0.1) is 0 Å². The van der Waals surface area contributed by atoms with Gasteiger partial charge in [0.05, 0.1) is 13.2 Å². The van der Waals surface area contributed by atoms with E-state index in [1.807, 2.05) is 13.8 Å². The summed E-state index contributed by atoms with van der Waals surface area (Å²) in [4.78, 5) is 23.4. The van der Waals surface area contributed by atoms with Gasteiger partial charge < -0.3 is 15.2 Å². The molecule has 0 unspecified atom stereocenters. The van der Waals surface area contributed by atoms with Crippen LogP contribution in [0.25, 0.3) is 0 Å². The average molecular weight is 244 g/mol. The van der Waals surface area contributed by atoms with Crippen molar-refractivity contribution in [3.63, 3.8) is 0 Å². The predicted octanol–water partition coefficient (Wildman–Crippen LogP) is 1.22. The Hall–Kier alpha value is -1.40. The van der Waals surface area contributed by atoms with Crippen molar-refractivity contribution < 1.29 is 19.1 Å². The Kier molecular flexibility index (Phi) is 8.00. The normalized spacial score (nSPS) is 10.3. The lowest BCUT2D eigenvalue weighted by atomic mass is 10.5. The number of nitrogens with two attached hydrogens (primary N) is 1. The molecule has 2 N–H and O–H groups in total. The highest BCUT2D eigenvalue weighted by molar-refractivity contribution is 5.99. The highest BCUT2D eigenvalue weighted by atomic mass is 16.7. The van der Waals surface area contributed by atoms with Crippen LogP contribution in [0.1, 0.15) is 26.7 Å². The van der Waals surface area contributed by atoms with Crippen molar-refractivity contribution in [2.24, 2.45) is 5.73 Å². The van der Waals surface area contributed by atoms with E-state index in [1.54, 1.807) is 0 Å². The van der Waals surface area contributed by atoms with Crippen LogP contribution in [0, 0.1) is 0 Å².